The van der Waals surface area contributed by atoms with Crippen molar-refractivity contribution in [2.75, 3.05) is 20.2 Å². The van der Waals surface area contributed by atoms with Crippen LogP contribution in [0.3, 0.4) is 0 Å². The van der Waals surface area contributed by atoms with Crippen LogP contribution in [-0.2, 0) is 9.53 Å². The molecule has 3 aromatic rings. The molecule has 1 fully saturated rings. The van der Waals surface area contributed by atoms with Gasteiger partial charge in [-0.05, 0) is 74.1 Å². The summed E-state index contributed by atoms with van der Waals surface area (Å²) in [5.41, 5.74) is 5.88. The molecule has 2 unspecified atom stereocenters. The molecule has 220 valence electrons. The van der Waals surface area contributed by atoms with Crippen LogP contribution in [0.2, 0.25) is 0 Å². The fourth-order valence-electron chi connectivity index (χ4n) is 5.47. The van der Waals surface area contributed by atoms with E-state index in [9.17, 15) is 13.6 Å². The highest BCUT2D eigenvalue weighted by atomic mass is 19.1. The Labute approximate surface area is 245 Å². The van der Waals surface area contributed by atoms with Crippen molar-refractivity contribution in [1.82, 2.24) is 24.8 Å². The van der Waals surface area contributed by atoms with E-state index in [1.807, 2.05) is 25.1 Å². The Morgan fingerprint density at radius 2 is 1.93 bits per heavy atom. The second kappa shape index (κ2) is 12.8. The third kappa shape index (κ3) is 6.50. The molecule has 1 saturated heterocycles. The predicted molar refractivity (Wildman–Crippen MR) is 161 cm³/mol. The number of hydrogen-bond donors (Lipinski definition) is 1. The largest absolute Gasteiger partial charge is 0.469 e. The molecule has 0 aromatic carbocycles. The maximum atomic E-state index is 14.5. The van der Waals surface area contributed by atoms with Crippen molar-refractivity contribution in [2.45, 2.75) is 52.6 Å². The summed E-state index contributed by atoms with van der Waals surface area (Å²) in [6.45, 7) is 7.79. The van der Waals surface area contributed by atoms with Crippen molar-refractivity contribution in [1.29, 1.82) is 0 Å². The van der Waals surface area contributed by atoms with Gasteiger partial charge in [0.1, 0.15) is 17.8 Å². The minimum atomic E-state index is -1.34. The van der Waals surface area contributed by atoms with Gasteiger partial charge in [0.15, 0.2) is 5.65 Å². The maximum Gasteiger partial charge on any atom is 0.305 e. The van der Waals surface area contributed by atoms with Crippen molar-refractivity contribution in [2.24, 2.45) is 11.8 Å². The first-order valence-electron chi connectivity index (χ1n) is 14.5. The quantitative estimate of drug-likeness (QED) is 0.226. The number of alkyl halides is 1. The molecule has 4 heterocycles. The van der Waals surface area contributed by atoms with Gasteiger partial charge in [-0.3, -0.25) is 9.78 Å². The number of imidazole rings is 1. The summed E-state index contributed by atoms with van der Waals surface area (Å²) in [7, 11) is 1.45. The Morgan fingerprint density at radius 1 is 1.14 bits per heavy atom. The number of carbonyl (C=O) groups is 1. The third-order valence-corrected chi connectivity index (χ3v) is 8.15. The number of nitrogens with one attached hydrogen (secondary N) is 1. The number of pyridine rings is 2. The monoisotopic (exact) mass is 573 g/mol. The van der Waals surface area contributed by atoms with E-state index >= 15 is 0 Å². The summed E-state index contributed by atoms with van der Waals surface area (Å²) in [4.78, 5) is 31.1. The van der Waals surface area contributed by atoms with Crippen LogP contribution in [0, 0.1) is 11.8 Å². The predicted octanol–water partition coefficient (Wildman–Crippen LogP) is 7.22. The van der Waals surface area contributed by atoms with Gasteiger partial charge in [-0.25, -0.2) is 18.7 Å². The Bertz CT molecular complexity index is 1560. The van der Waals surface area contributed by atoms with Gasteiger partial charge in [-0.2, -0.15) is 0 Å². The van der Waals surface area contributed by atoms with Crippen molar-refractivity contribution in [3.63, 3.8) is 0 Å². The Balaban J connectivity index is 1.27. The number of halogens is 2. The first-order chi connectivity index (χ1) is 20.2. The van der Waals surface area contributed by atoms with Crippen molar-refractivity contribution in [3.05, 3.63) is 77.7 Å². The van der Waals surface area contributed by atoms with E-state index in [1.54, 1.807) is 25.3 Å². The second-order valence-corrected chi connectivity index (χ2v) is 11.1. The van der Waals surface area contributed by atoms with E-state index in [2.05, 4.69) is 43.9 Å². The van der Waals surface area contributed by atoms with Crippen LogP contribution in [0.4, 0.5) is 8.78 Å². The number of esters is 1. The van der Waals surface area contributed by atoms with Crippen LogP contribution >= 0.6 is 0 Å². The minimum absolute atomic E-state index is 0.127. The number of hydrogen-bond acceptors (Lipinski definition) is 6. The normalized spacial score (nSPS) is 20.5. The first kappa shape index (κ1) is 29.4. The number of ether oxygens (including phenoxy) is 1. The van der Waals surface area contributed by atoms with Crippen molar-refractivity contribution in [3.8, 4) is 11.4 Å². The third-order valence-electron chi connectivity index (χ3n) is 8.15. The molecule has 0 spiro atoms. The van der Waals surface area contributed by atoms with Gasteiger partial charge in [0, 0.05) is 48.5 Å². The molecule has 0 saturated carbocycles. The molecule has 2 aliphatic rings. The zero-order chi connectivity index (χ0) is 29.8. The standard InChI is InChI=1S/C33H37F2N5O2/c1-5-24(40-14-12-22(13-15-40)17-31(41)42-4)8-6-20(2)28-9-7-23(19-36-28)32-38-30-11-10-29(37-33(30)39-32)25-16-21(3)26(34)18-27(25)35/h6-11,16,18-19,21-22,26H,5,12-15,17H2,1-4H3,(H,37,38,39)/b20-6+,24-8+. The van der Waals surface area contributed by atoms with Gasteiger partial charge < -0.3 is 14.6 Å². The highest BCUT2D eigenvalue weighted by Crippen LogP contribution is 2.33. The molecule has 9 heteroatoms. The summed E-state index contributed by atoms with van der Waals surface area (Å²) < 4.78 is 33.1. The van der Waals surface area contributed by atoms with Gasteiger partial charge in [0.05, 0.1) is 24.0 Å². The number of rotatable bonds is 8. The Morgan fingerprint density at radius 3 is 2.62 bits per heavy atom. The number of fused-ring (bicyclic) bond motifs is 1. The average Bonchev–Trinajstić information content (AvgIpc) is 3.43. The van der Waals surface area contributed by atoms with E-state index < -0.39 is 17.9 Å². The van der Waals surface area contributed by atoms with Gasteiger partial charge in [0.25, 0.3) is 0 Å². The lowest BCUT2D eigenvalue weighted by Gasteiger charge is -2.34. The van der Waals surface area contributed by atoms with Crippen LogP contribution in [0.1, 0.15) is 57.8 Å². The number of H-pyrrole nitrogens is 1. The number of aromatic amines is 1. The van der Waals surface area contributed by atoms with Gasteiger partial charge in [-0.1, -0.05) is 26.0 Å². The smallest absolute Gasteiger partial charge is 0.305 e. The summed E-state index contributed by atoms with van der Waals surface area (Å²) in [5, 5.41) is 0. The lowest BCUT2D eigenvalue weighted by molar-refractivity contribution is -0.142. The fourth-order valence-corrected chi connectivity index (χ4v) is 5.47. The topological polar surface area (TPSA) is 84.0 Å². The number of likely N-dealkylation sites (tertiary alicyclic amines) is 1. The molecular formula is C33H37F2N5O2. The molecule has 1 aliphatic carbocycles. The van der Waals surface area contributed by atoms with Gasteiger partial charge >= 0.3 is 5.97 Å². The number of nitrogens with zero attached hydrogens (tertiary/aromatic N) is 4. The molecule has 2 atom stereocenters. The van der Waals surface area contributed by atoms with Crippen LogP contribution in [0.15, 0.2) is 66.3 Å². The van der Waals surface area contributed by atoms with Gasteiger partial charge in [0.2, 0.25) is 0 Å². The summed E-state index contributed by atoms with van der Waals surface area (Å²) >= 11 is 0. The van der Waals surface area contributed by atoms with E-state index in [-0.39, 0.29) is 5.97 Å². The number of allylic oxidation sites excluding steroid dienone is 8. The highest BCUT2D eigenvalue weighted by molar-refractivity contribution is 5.82. The van der Waals surface area contributed by atoms with Crippen molar-refractivity contribution < 1.29 is 18.3 Å². The molecule has 0 radical (unpaired) electrons. The molecule has 7 nitrogen and oxygen atoms in total. The molecule has 42 heavy (non-hydrogen) atoms. The van der Waals surface area contributed by atoms with E-state index in [0.29, 0.717) is 35.1 Å². The van der Waals surface area contributed by atoms with Crippen LogP contribution in [0.5, 0.6) is 0 Å². The number of aromatic nitrogens is 4. The zero-order valence-corrected chi connectivity index (χ0v) is 24.5. The molecular weight excluding hydrogens is 536 g/mol. The van der Waals surface area contributed by atoms with E-state index in [1.165, 1.54) is 12.8 Å². The number of piperidine rings is 1. The number of methoxy groups -OCH3 is 1. The van der Waals surface area contributed by atoms with E-state index in [4.69, 9.17) is 4.74 Å². The lowest BCUT2D eigenvalue weighted by atomic mass is 9.93. The first-order valence-corrected chi connectivity index (χ1v) is 14.5. The Hall–Kier alpha value is -4.14. The molecule has 0 bridgehead atoms. The average molecular weight is 574 g/mol. The molecule has 1 N–H and O–H groups in total. The SMILES string of the molecule is CC/C(=C\C=C(/C)c1ccc(-c2nc3nc(C4=CC(C)C(F)C=C4F)ccc3[nH]2)cn1)N1CCC(CC(=O)OC)CC1. The van der Waals surface area contributed by atoms with Gasteiger partial charge in [-0.15, -0.1) is 0 Å². The summed E-state index contributed by atoms with van der Waals surface area (Å²) in [5.74, 6) is -0.148. The lowest BCUT2D eigenvalue weighted by Crippen LogP contribution is -2.33. The minimum Gasteiger partial charge on any atom is -0.469 e. The second-order valence-electron chi connectivity index (χ2n) is 11.1. The number of carbonyl (C=O) groups excluding carboxylic acids is 1. The van der Waals surface area contributed by atoms with E-state index in [0.717, 1.165) is 60.8 Å². The molecule has 3 aromatic heterocycles. The van der Waals surface area contributed by atoms with Crippen LogP contribution < -0.4 is 0 Å². The highest BCUT2D eigenvalue weighted by Gasteiger charge is 2.24. The molecule has 0 amide bonds. The van der Waals surface area contributed by atoms with Crippen LogP contribution in [-0.4, -0.2) is 57.2 Å². The van der Waals surface area contributed by atoms with Crippen LogP contribution in [0.25, 0.3) is 33.7 Å². The molecule has 1 aliphatic heterocycles. The zero-order valence-electron chi connectivity index (χ0n) is 24.5. The summed E-state index contributed by atoms with van der Waals surface area (Å²) in [6, 6.07) is 7.45. The van der Waals surface area contributed by atoms with Crippen molar-refractivity contribution >= 4 is 28.3 Å². The molecule has 5 rings (SSSR count). The Kier molecular flexibility index (Phi) is 8.94. The maximum absolute atomic E-state index is 14.5. The fraction of sp³-hybridized carbons (Fsp3) is 0.394. The summed E-state index contributed by atoms with van der Waals surface area (Å²) in [6.07, 6.45) is 10.7.